The molecular weight excluding hydrogens is 449 g/mol. The van der Waals surface area contributed by atoms with Gasteiger partial charge in [-0.25, -0.2) is 0 Å². The molecule has 33 heavy (non-hydrogen) atoms. The summed E-state index contributed by atoms with van der Waals surface area (Å²) in [6.07, 6.45) is -6.31. The fourth-order valence-corrected chi connectivity index (χ4v) is 4.64. The number of hydrogen-bond donors (Lipinski definition) is 1. The molecule has 4 rings (SSSR count). The number of para-hydroxylation sites is 2. The molecule has 0 fully saturated rings. The number of aryl methyl sites for hydroxylation is 1. The second kappa shape index (κ2) is 9.65. The highest BCUT2D eigenvalue weighted by atomic mass is 35.5. The molecule has 0 bridgehead atoms. The van der Waals surface area contributed by atoms with Crippen LogP contribution in [0.15, 0.2) is 72.8 Å². The fourth-order valence-electron chi connectivity index (χ4n) is 4.39. The van der Waals surface area contributed by atoms with E-state index in [2.05, 4.69) is 17.9 Å². The first-order chi connectivity index (χ1) is 15.8. The number of rotatable bonds is 6. The van der Waals surface area contributed by atoms with Crippen LogP contribution in [0.5, 0.6) is 0 Å². The zero-order valence-corrected chi connectivity index (χ0v) is 19.0. The molecule has 0 amide bonds. The largest absolute Gasteiger partial charge is 0.416 e. The van der Waals surface area contributed by atoms with Crippen LogP contribution in [0, 0.1) is 0 Å². The number of aliphatic hydroxyl groups excluding tert-OH is 1. The highest BCUT2D eigenvalue weighted by Gasteiger charge is 2.42. The Morgan fingerprint density at radius 2 is 1.67 bits per heavy atom. The lowest BCUT2D eigenvalue weighted by Gasteiger charge is -2.45. The van der Waals surface area contributed by atoms with E-state index in [1.165, 1.54) is 0 Å². The third kappa shape index (κ3) is 5.12. The third-order valence-corrected chi connectivity index (χ3v) is 6.47. The molecule has 0 saturated carbocycles. The van der Waals surface area contributed by atoms with E-state index in [-0.39, 0.29) is 6.04 Å². The zero-order valence-electron chi connectivity index (χ0n) is 18.3. The van der Waals surface area contributed by atoms with E-state index >= 15 is 0 Å². The van der Waals surface area contributed by atoms with E-state index in [1.54, 1.807) is 4.90 Å². The van der Waals surface area contributed by atoms with E-state index < -0.39 is 18.8 Å². The van der Waals surface area contributed by atoms with Gasteiger partial charge in [0.1, 0.15) is 0 Å². The van der Waals surface area contributed by atoms with Crippen molar-refractivity contribution in [2.75, 3.05) is 22.9 Å². The summed E-state index contributed by atoms with van der Waals surface area (Å²) in [4.78, 5) is 3.87. The molecule has 0 radical (unpaired) electrons. The number of hydrogen-bond acceptors (Lipinski definition) is 3. The maximum Gasteiger partial charge on any atom is 0.416 e. The van der Waals surface area contributed by atoms with Gasteiger partial charge in [0.15, 0.2) is 6.10 Å². The van der Waals surface area contributed by atoms with Gasteiger partial charge in [0.05, 0.1) is 24.0 Å². The molecule has 1 heterocycles. The van der Waals surface area contributed by atoms with E-state index in [0.29, 0.717) is 18.8 Å². The van der Waals surface area contributed by atoms with Crippen molar-refractivity contribution in [3.63, 3.8) is 0 Å². The van der Waals surface area contributed by atoms with Gasteiger partial charge in [-0.05, 0) is 41.3 Å². The SMILES string of the molecule is CCc1cc(CN2CC(c3ccccc3)N(C[C@@H](O)C(F)(F)F)c3ccccc32)ccc1Cl. The fraction of sp³-hybridized carbons (Fsp3) is 0.308. The van der Waals surface area contributed by atoms with Crippen molar-refractivity contribution in [3.8, 4) is 0 Å². The molecule has 0 spiro atoms. The van der Waals surface area contributed by atoms with Crippen LogP contribution in [0.1, 0.15) is 29.7 Å². The molecule has 3 aromatic rings. The van der Waals surface area contributed by atoms with E-state index in [9.17, 15) is 18.3 Å². The smallest absolute Gasteiger partial charge is 0.382 e. The molecular formula is C26H26ClF3N2O. The Bertz CT molecular complexity index is 1090. The molecule has 0 aromatic heterocycles. The van der Waals surface area contributed by atoms with Crippen molar-refractivity contribution < 1.29 is 18.3 Å². The monoisotopic (exact) mass is 474 g/mol. The number of alkyl halides is 3. The van der Waals surface area contributed by atoms with Crippen LogP contribution in [0.4, 0.5) is 24.5 Å². The van der Waals surface area contributed by atoms with Crippen LogP contribution in [0.25, 0.3) is 0 Å². The molecule has 1 unspecified atom stereocenters. The van der Waals surface area contributed by atoms with Crippen LogP contribution in [0.2, 0.25) is 5.02 Å². The highest BCUT2D eigenvalue weighted by molar-refractivity contribution is 6.31. The van der Waals surface area contributed by atoms with Gasteiger partial charge in [0.25, 0.3) is 0 Å². The summed E-state index contributed by atoms with van der Waals surface area (Å²) >= 11 is 6.29. The zero-order chi connectivity index (χ0) is 23.6. The lowest BCUT2D eigenvalue weighted by Crippen LogP contribution is -2.49. The van der Waals surface area contributed by atoms with Crippen molar-refractivity contribution in [1.82, 2.24) is 0 Å². The van der Waals surface area contributed by atoms with E-state index in [0.717, 1.165) is 33.8 Å². The van der Waals surface area contributed by atoms with Gasteiger partial charge in [0.2, 0.25) is 0 Å². The normalized spacial score (nSPS) is 17.1. The molecule has 1 N–H and O–H groups in total. The maximum atomic E-state index is 13.3. The minimum absolute atomic E-state index is 0.351. The Balaban J connectivity index is 1.74. The van der Waals surface area contributed by atoms with Crippen molar-refractivity contribution in [2.45, 2.75) is 38.2 Å². The van der Waals surface area contributed by atoms with Gasteiger partial charge < -0.3 is 14.9 Å². The third-order valence-electron chi connectivity index (χ3n) is 6.10. The topological polar surface area (TPSA) is 26.7 Å². The molecule has 1 aliphatic rings. The number of nitrogens with zero attached hydrogens (tertiary/aromatic N) is 2. The Labute approximate surface area is 197 Å². The van der Waals surface area contributed by atoms with Crippen LogP contribution < -0.4 is 9.80 Å². The molecule has 0 aliphatic carbocycles. The Hall–Kier alpha value is -2.70. The van der Waals surface area contributed by atoms with Crippen molar-refractivity contribution >= 4 is 23.0 Å². The summed E-state index contributed by atoms with van der Waals surface area (Å²) in [5, 5.41) is 10.7. The van der Waals surface area contributed by atoms with E-state index in [4.69, 9.17) is 11.6 Å². The number of fused-ring (bicyclic) bond motifs is 1. The first-order valence-electron chi connectivity index (χ1n) is 11.0. The molecule has 2 atom stereocenters. The van der Waals surface area contributed by atoms with Gasteiger partial charge in [-0.1, -0.05) is 73.1 Å². The Morgan fingerprint density at radius 3 is 2.33 bits per heavy atom. The summed E-state index contributed by atoms with van der Waals surface area (Å²) in [5.74, 6) is 0. The predicted octanol–water partition coefficient (Wildman–Crippen LogP) is 6.39. The van der Waals surface area contributed by atoms with E-state index in [1.807, 2.05) is 66.7 Å². The van der Waals surface area contributed by atoms with Gasteiger partial charge in [-0.15, -0.1) is 0 Å². The maximum absolute atomic E-state index is 13.3. The number of aliphatic hydroxyl groups is 1. The summed E-state index contributed by atoms with van der Waals surface area (Å²) < 4.78 is 39.8. The van der Waals surface area contributed by atoms with Crippen LogP contribution in [-0.2, 0) is 13.0 Å². The molecule has 7 heteroatoms. The number of benzene rings is 3. The average molecular weight is 475 g/mol. The highest BCUT2D eigenvalue weighted by Crippen LogP contribution is 2.42. The molecule has 0 saturated heterocycles. The predicted molar refractivity (Wildman–Crippen MR) is 127 cm³/mol. The van der Waals surface area contributed by atoms with Gasteiger partial charge >= 0.3 is 6.18 Å². The average Bonchev–Trinajstić information content (AvgIpc) is 2.81. The quantitative estimate of drug-likeness (QED) is 0.448. The summed E-state index contributed by atoms with van der Waals surface area (Å²) in [5.41, 5.74) is 4.56. The molecule has 3 aromatic carbocycles. The van der Waals surface area contributed by atoms with Gasteiger partial charge in [0, 0.05) is 18.1 Å². The Morgan fingerprint density at radius 1 is 1.00 bits per heavy atom. The first-order valence-corrected chi connectivity index (χ1v) is 11.3. The summed E-state index contributed by atoms with van der Waals surface area (Å²) in [7, 11) is 0. The lowest BCUT2D eigenvalue weighted by atomic mass is 9.98. The second-order valence-electron chi connectivity index (χ2n) is 8.28. The standard InChI is InChI=1S/C26H26ClF3N2O/c1-2-19-14-18(12-13-21(19)27)15-31-16-24(20-8-4-3-5-9-20)32(17-25(33)26(28,29)30)23-11-7-6-10-22(23)31/h3-14,24-25,33H,2,15-17H2,1H3/t24?,25-/m1/s1. The van der Waals surface area contributed by atoms with Crippen molar-refractivity contribution in [3.05, 3.63) is 94.5 Å². The Kier molecular flexibility index (Phi) is 6.86. The van der Waals surface area contributed by atoms with Gasteiger partial charge in [-0.2, -0.15) is 13.2 Å². The summed E-state index contributed by atoms with van der Waals surface area (Å²) in [6, 6.07) is 22.5. The molecule has 1 aliphatic heterocycles. The first kappa shape index (κ1) is 23.5. The minimum Gasteiger partial charge on any atom is -0.382 e. The molecule has 3 nitrogen and oxygen atoms in total. The molecule has 174 valence electrons. The van der Waals surface area contributed by atoms with Crippen molar-refractivity contribution in [1.29, 1.82) is 0 Å². The van der Waals surface area contributed by atoms with Crippen LogP contribution >= 0.6 is 11.6 Å². The number of anilines is 2. The van der Waals surface area contributed by atoms with Crippen molar-refractivity contribution in [2.24, 2.45) is 0 Å². The van der Waals surface area contributed by atoms with Crippen LogP contribution in [-0.4, -0.2) is 30.5 Å². The minimum atomic E-state index is -4.69. The lowest BCUT2D eigenvalue weighted by molar-refractivity contribution is -0.200. The van der Waals surface area contributed by atoms with Crippen LogP contribution in [0.3, 0.4) is 0 Å². The number of halogens is 4. The number of β-amino-alcohol motifs (C(OH)–C–C–N with tert-alkyl or cyclic N) is 1. The van der Waals surface area contributed by atoms with Gasteiger partial charge in [-0.3, -0.25) is 0 Å². The second-order valence-corrected chi connectivity index (χ2v) is 8.69. The summed E-state index contributed by atoms with van der Waals surface area (Å²) in [6.45, 7) is 2.60.